The molecule has 1 aromatic carbocycles. The van der Waals surface area contributed by atoms with Crippen LogP contribution >= 0.6 is 0 Å². The van der Waals surface area contributed by atoms with Crippen LogP contribution in [0.15, 0.2) is 30.5 Å². The highest BCUT2D eigenvalue weighted by atomic mass is 16.3. The van der Waals surface area contributed by atoms with Gasteiger partial charge in [0.1, 0.15) is 5.75 Å². The Bertz CT molecular complexity index is 467. The van der Waals surface area contributed by atoms with E-state index in [1.165, 1.54) is 12.3 Å². The second-order valence-corrected chi connectivity index (χ2v) is 2.83. The van der Waals surface area contributed by atoms with Crippen molar-refractivity contribution in [3.05, 3.63) is 36.2 Å². The van der Waals surface area contributed by atoms with Crippen LogP contribution in [0.25, 0.3) is 0 Å². The van der Waals surface area contributed by atoms with E-state index in [2.05, 4.69) is 20.7 Å². The minimum absolute atomic E-state index is 0.00865. The lowest BCUT2D eigenvalue weighted by atomic mass is 10.3. The van der Waals surface area contributed by atoms with Crippen LogP contribution in [0.4, 0.5) is 5.69 Å². The predicted molar refractivity (Wildman–Crippen MR) is 52.4 cm³/mol. The average Bonchev–Trinajstić information content (AvgIpc) is 2.74. The molecule has 6 heteroatoms. The van der Waals surface area contributed by atoms with Gasteiger partial charge in [-0.15, -0.1) is 0 Å². The van der Waals surface area contributed by atoms with E-state index in [0.717, 1.165) is 0 Å². The number of benzene rings is 1. The molecule has 1 heterocycles. The first-order valence-electron chi connectivity index (χ1n) is 4.22. The Kier molecular flexibility index (Phi) is 2.32. The lowest BCUT2D eigenvalue weighted by molar-refractivity contribution is 0.102. The number of phenols is 1. The van der Waals surface area contributed by atoms with Crippen LogP contribution in [0.1, 0.15) is 10.5 Å². The number of hydrogen-bond donors (Lipinski definition) is 3. The van der Waals surface area contributed by atoms with Gasteiger partial charge in [-0.3, -0.25) is 4.79 Å². The van der Waals surface area contributed by atoms with Crippen LogP contribution in [-0.4, -0.2) is 26.4 Å². The summed E-state index contributed by atoms with van der Waals surface area (Å²) in [5.74, 6) is -0.417. The molecule has 0 radical (unpaired) electrons. The number of anilines is 1. The number of nitrogens with zero attached hydrogens (tertiary/aromatic N) is 2. The maximum atomic E-state index is 11.5. The van der Waals surface area contributed by atoms with E-state index in [-0.39, 0.29) is 11.4 Å². The summed E-state index contributed by atoms with van der Waals surface area (Å²) in [6, 6.07) is 6.45. The second kappa shape index (κ2) is 3.79. The maximum absolute atomic E-state index is 11.5. The van der Waals surface area contributed by atoms with E-state index >= 15 is 0 Å². The van der Waals surface area contributed by atoms with Crippen molar-refractivity contribution in [3.63, 3.8) is 0 Å². The summed E-state index contributed by atoms with van der Waals surface area (Å²) in [6.07, 6.45) is 1.30. The summed E-state index contributed by atoms with van der Waals surface area (Å²) >= 11 is 0. The molecule has 0 fully saturated rings. The summed E-state index contributed by atoms with van der Waals surface area (Å²) in [6.45, 7) is 0. The fourth-order valence-corrected chi connectivity index (χ4v) is 1.08. The molecule has 0 aliphatic carbocycles. The van der Waals surface area contributed by atoms with Crippen molar-refractivity contribution < 1.29 is 9.90 Å². The van der Waals surface area contributed by atoms with Crippen molar-refractivity contribution in [1.29, 1.82) is 0 Å². The number of H-pyrrole nitrogens is 1. The Hall–Kier alpha value is -2.37. The van der Waals surface area contributed by atoms with Gasteiger partial charge in [0.15, 0.2) is 5.69 Å². The van der Waals surface area contributed by atoms with E-state index < -0.39 is 5.91 Å². The zero-order chi connectivity index (χ0) is 10.7. The first-order valence-corrected chi connectivity index (χ1v) is 4.22. The van der Waals surface area contributed by atoms with Crippen LogP contribution in [0, 0.1) is 0 Å². The number of rotatable bonds is 2. The number of carbonyl (C=O) groups is 1. The number of phenolic OH excluding ortho intramolecular Hbond substituents is 1. The molecular formula is C9H8N4O2. The summed E-state index contributed by atoms with van der Waals surface area (Å²) in [5.41, 5.74) is 0.503. The van der Waals surface area contributed by atoms with Gasteiger partial charge in [-0.1, -0.05) is 12.1 Å². The number of carbonyl (C=O) groups excluding carboxylic acids is 1. The summed E-state index contributed by atoms with van der Waals surface area (Å²) in [4.78, 5) is 11.5. The van der Waals surface area contributed by atoms with E-state index in [1.54, 1.807) is 18.2 Å². The number of aromatic amines is 1. The van der Waals surface area contributed by atoms with Gasteiger partial charge >= 0.3 is 0 Å². The van der Waals surface area contributed by atoms with Crippen LogP contribution in [0.5, 0.6) is 5.75 Å². The van der Waals surface area contributed by atoms with Gasteiger partial charge in [0.25, 0.3) is 5.91 Å². The lowest BCUT2D eigenvalue weighted by Gasteiger charge is -2.04. The molecule has 0 atom stereocenters. The molecule has 0 unspecified atom stereocenters. The van der Waals surface area contributed by atoms with E-state index in [0.29, 0.717) is 5.69 Å². The number of nitrogens with one attached hydrogen (secondary N) is 2. The molecule has 0 aliphatic heterocycles. The van der Waals surface area contributed by atoms with Crippen molar-refractivity contribution >= 4 is 11.6 Å². The Morgan fingerprint density at radius 2 is 2.20 bits per heavy atom. The van der Waals surface area contributed by atoms with Crippen LogP contribution in [-0.2, 0) is 0 Å². The number of hydrogen-bond acceptors (Lipinski definition) is 4. The van der Waals surface area contributed by atoms with Crippen LogP contribution in [0.3, 0.4) is 0 Å². The third-order valence-electron chi connectivity index (χ3n) is 1.80. The molecule has 15 heavy (non-hydrogen) atoms. The van der Waals surface area contributed by atoms with Gasteiger partial charge in [-0.2, -0.15) is 15.4 Å². The van der Waals surface area contributed by atoms with Crippen molar-refractivity contribution in [2.75, 3.05) is 5.32 Å². The SMILES string of the molecule is O=C(Nc1ccccc1O)c1cn[nH]n1. The zero-order valence-electron chi connectivity index (χ0n) is 7.64. The van der Waals surface area contributed by atoms with E-state index in [4.69, 9.17) is 0 Å². The molecule has 2 rings (SSSR count). The minimum atomic E-state index is -0.426. The van der Waals surface area contributed by atoms with Crippen molar-refractivity contribution in [3.8, 4) is 5.75 Å². The Labute approximate surface area is 84.9 Å². The standard InChI is InChI=1S/C9H8N4O2/c14-8-4-2-1-3-6(8)11-9(15)7-5-10-13-12-7/h1-5,14H,(H,11,15)(H,10,12,13). The third kappa shape index (κ3) is 1.93. The van der Waals surface area contributed by atoms with Gasteiger partial charge in [0, 0.05) is 0 Å². The summed E-state index contributed by atoms with van der Waals surface area (Å²) in [5, 5.41) is 21.3. The van der Waals surface area contributed by atoms with Gasteiger partial charge in [0.2, 0.25) is 0 Å². The molecule has 0 bridgehead atoms. The molecule has 76 valence electrons. The normalized spacial score (nSPS) is 9.87. The molecule has 1 aromatic heterocycles. The van der Waals surface area contributed by atoms with Crippen LogP contribution < -0.4 is 5.32 Å². The molecule has 0 spiro atoms. The fourth-order valence-electron chi connectivity index (χ4n) is 1.08. The van der Waals surface area contributed by atoms with Gasteiger partial charge in [-0.05, 0) is 12.1 Å². The molecule has 0 aliphatic rings. The lowest BCUT2D eigenvalue weighted by Crippen LogP contribution is -2.12. The summed E-state index contributed by atoms with van der Waals surface area (Å²) in [7, 11) is 0. The largest absolute Gasteiger partial charge is 0.506 e. The molecule has 2 aromatic rings. The first kappa shape index (κ1) is 9.20. The topological polar surface area (TPSA) is 90.9 Å². The van der Waals surface area contributed by atoms with E-state index in [1.807, 2.05) is 0 Å². The van der Waals surface area contributed by atoms with E-state index in [9.17, 15) is 9.90 Å². The predicted octanol–water partition coefficient (Wildman–Crippen LogP) is 0.763. The van der Waals surface area contributed by atoms with Crippen molar-refractivity contribution in [2.24, 2.45) is 0 Å². The second-order valence-electron chi connectivity index (χ2n) is 2.83. The molecule has 0 saturated carbocycles. The molecule has 6 nitrogen and oxygen atoms in total. The fraction of sp³-hybridized carbons (Fsp3) is 0. The number of para-hydroxylation sites is 2. The molecular weight excluding hydrogens is 196 g/mol. The Balaban J connectivity index is 2.17. The Morgan fingerprint density at radius 3 is 2.87 bits per heavy atom. The maximum Gasteiger partial charge on any atom is 0.277 e. The smallest absolute Gasteiger partial charge is 0.277 e. The highest BCUT2D eigenvalue weighted by Crippen LogP contribution is 2.21. The van der Waals surface area contributed by atoms with Gasteiger partial charge in [-0.25, -0.2) is 0 Å². The quantitative estimate of drug-likeness (QED) is 0.630. The average molecular weight is 204 g/mol. The minimum Gasteiger partial charge on any atom is -0.506 e. The Morgan fingerprint density at radius 1 is 1.40 bits per heavy atom. The first-order chi connectivity index (χ1) is 7.27. The summed E-state index contributed by atoms with van der Waals surface area (Å²) < 4.78 is 0. The third-order valence-corrected chi connectivity index (χ3v) is 1.80. The molecule has 3 N–H and O–H groups in total. The van der Waals surface area contributed by atoms with Crippen molar-refractivity contribution in [2.45, 2.75) is 0 Å². The van der Waals surface area contributed by atoms with Gasteiger partial charge in [0.05, 0.1) is 11.9 Å². The number of aromatic hydroxyl groups is 1. The molecule has 0 saturated heterocycles. The number of aromatic nitrogens is 3. The van der Waals surface area contributed by atoms with Crippen LogP contribution in [0.2, 0.25) is 0 Å². The highest BCUT2D eigenvalue weighted by molar-refractivity contribution is 6.03. The number of amides is 1. The zero-order valence-corrected chi connectivity index (χ0v) is 7.64. The van der Waals surface area contributed by atoms with Gasteiger partial charge < -0.3 is 10.4 Å². The monoisotopic (exact) mass is 204 g/mol. The molecule has 1 amide bonds. The van der Waals surface area contributed by atoms with Crippen molar-refractivity contribution in [1.82, 2.24) is 15.4 Å². The highest BCUT2D eigenvalue weighted by Gasteiger charge is 2.10.